The molecule has 2 aliphatic rings. The lowest BCUT2D eigenvalue weighted by atomic mass is 9.86. The van der Waals surface area contributed by atoms with E-state index in [1.165, 1.54) is 5.56 Å². The molecule has 144 valence electrons. The zero-order valence-corrected chi connectivity index (χ0v) is 16.2. The molecule has 0 saturated carbocycles. The number of nitrogens with zero attached hydrogens (tertiary/aromatic N) is 2. The molecule has 2 aliphatic heterocycles. The van der Waals surface area contributed by atoms with Crippen LogP contribution in [0.4, 0.5) is 0 Å². The Morgan fingerprint density at radius 2 is 2.08 bits per heavy atom. The van der Waals surface area contributed by atoms with Gasteiger partial charge in [0.1, 0.15) is 0 Å². The fourth-order valence-corrected chi connectivity index (χ4v) is 4.16. The van der Waals surface area contributed by atoms with E-state index in [1.807, 2.05) is 13.0 Å². The zero-order chi connectivity index (χ0) is 18.6. The maximum Gasteiger partial charge on any atom is 0.220 e. The summed E-state index contributed by atoms with van der Waals surface area (Å²) < 4.78 is 11.1. The standard InChI is InChI=1S/C20H31N3O3/c1-4-26-17-6-5-16(13-18(17)25-3)14-23-12-11-22(2)20(15-23)8-7-19(24)21-10-9-20/h5-6,13H,4,7-12,14-15H2,1-3H3,(H,21,24)/t20-/m1/s1. The molecule has 1 amide bonds. The van der Waals surface area contributed by atoms with Crippen LogP contribution in [0.3, 0.4) is 0 Å². The van der Waals surface area contributed by atoms with Crippen LogP contribution < -0.4 is 14.8 Å². The molecule has 0 bridgehead atoms. The van der Waals surface area contributed by atoms with Crippen LogP contribution in [-0.2, 0) is 11.3 Å². The highest BCUT2D eigenvalue weighted by atomic mass is 16.5. The Kier molecular flexibility index (Phi) is 6.04. The van der Waals surface area contributed by atoms with Gasteiger partial charge in [-0.2, -0.15) is 0 Å². The molecule has 0 radical (unpaired) electrons. The summed E-state index contributed by atoms with van der Waals surface area (Å²) >= 11 is 0. The smallest absolute Gasteiger partial charge is 0.220 e. The van der Waals surface area contributed by atoms with Crippen molar-refractivity contribution in [3.8, 4) is 11.5 Å². The highest BCUT2D eigenvalue weighted by molar-refractivity contribution is 5.76. The Morgan fingerprint density at radius 3 is 2.85 bits per heavy atom. The van der Waals surface area contributed by atoms with Gasteiger partial charge >= 0.3 is 0 Å². The van der Waals surface area contributed by atoms with Crippen molar-refractivity contribution in [2.24, 2.45) is 0 Å². The molecule has 0 unspecified atom stereocenters. The lowest BCUT2D eigenvalue weighted by Crippen LogP contribution is -2.60. The molecule has 2 saturated heterocycles. The third-order valence-corrected chi connectivity index (χ3v) is 5.74. The van der Waals surface area contributed by atoms with E-state index in [9.17, 15) is 4.79 Å². The number of benzene rings is 1. The molecule has 2 heterocycles. The van der Waals surface area contributed by atoms with Crippen LogP contribution in [0, 0.1) is 0 Å². The Morgan fingerprint density at radius 1 is 1.23 bits per heavy atom. The molecule has 1 atom stereocenters. The van der Waals surface area contributed by atoms with Crippen LogP contribution in [0.2, 0.25) is 0 Å². The van der Waals surface area contributed by atoms with E-state index in [0.29, 0.717) is 13.0 Å². The van der Waals surface area contributed by atoms with Gasteiger partial charge in [0.25, 0.3) is 0 Å². The number of likely N-dealkylation sites (N-methyl/N-ethyl adjacent to an activating group) is 1. The van der Waals surface area contributed by atoms with Crippen LogP contribution in [0.5, 0.6) is 11.5 Å². The number of amides is 1. The van der Waals surface area contributed by atoms with Gasteiger partial charge in [-0.05, 0) is 44.5 Å². The molecule has 1 aromatic carbocycles. The number of ether oxygens (including phenoxy) is 2. The van der Waals surface area contributed by atoms with Gasteiger partial charge in [-0.25, -0.2) is 0 Å². The second-order valence-electron chi connectivity index (χ2n) is 7.37. The maximum atomic E-state index is 11.8. The zero-order valence-electron chi connectivity index (χ0n) is 16.2. The van der Waals surface area contributed by atoms with Crippen molar-refractivity contribution >= 4 is 5.91 Å². The van der Waals surface area contributed by atoms with Gasteiger partial charge in [0.15, 0.2) is 11.5 Å². The molecule has 0 aromatic heterocycles. The van der Waals surface area contributed by atoms with Crippen molar-refractivity contribution in [1.29, 1.82) is 0 Å². The van der Waals surface area contributed by atoms with Crippen LogP contribution in [-0.4, -0.2) is 68.2 Å². The molecule has 6 nitrogen and oxygen atoms in total. The topological polar surface area (TPSA) is 54.0 Å². The van der Waals surface area contributed by atoms with Gasteiger partial charge in [-0.15, -0.1) is 0 Å². The van der Waals surface area contributed by atoms with E-state index >= 15 is 0 Å². The van der Waals surface area contributed by atoms with E-state index in [1.54, 1.807) is 7.11 Å². The van der Waals surface area contributed by atoms with Gasteiger partial charge in [0.05, 0.1) is 13.7 Å². The SMILES string of the molecule is CCOc1ccc(CN2CCN(C)[C@]3(CCNC(=O)CC3)C2)cc1OC. The third-order valence-electron chi connectivity index (χ3n) is 5.74. The molecule has 1 spiro atoms. The average molecular weight is 361 g/mol. The number of hydrogen-bond donors (Lipinski definition) is 1. The molecule has 1 aromatic rings. The van der Waals surface area contributed by atoms with Crippen LogP contribution in [0.1, 0.15) is 31.7 Å². The number of piperazine rings is 1. The van der Waals surface area contributed by atoms with Crippen LogP contribution >= 0.6 is 0 Å². The molecular weight excluding hydrogens is 330 g/mol. The first-order valence-corrected chi connectivity index (χ1v) is 9.56. The largest absolute Gasteiger partial charge is 0.493 e. The van der Waals surface area contributed by atoms with E-state index in [-0.39, 0.29) is 11.4 Å². The van der Waals surface area contributed by atoms with Crippen LogP contribution in [0.15, 0.2) is 18.2 Å². The lowest BCUT2D eigenvalue weighted by molar-refractivity contribution is -0.121. The Balaban J connectivity index is 1.71. The summed E-state index contributed by atoms with van der Waals surface area (Å²) in [4.78, 5) is 16.7. The minimum absolute atomic E-state index is 0.0900. The second-order valence-corrected chi connectivity index (χ2v) is 7.37. The van der Waals surface area contributed by atoms with E-state index in [0.717, 1.165) is 57.1 Å². The van der Waals surface area contributed by atoms with Gasteiger partial charge in [0.2, 0.25) is 5.91 Å². The van der Waals surface area contributed by atoms with Gasteiger partial charge in [-0.3, -0.25) is 14.6 Å². The number of nitrogens with one attached hydrogen (secondary N) is 1. The number of methoxy groups -OCH3 is 1. The van der Waals surface area contributed by atoms with E-state index in [2.05, 4.69) is 34.3 Å². The first-order valence-electron chi connectivity index (χ1n) is 9.56. The fourth-order valence-electron chi connectivity index (χ4n) is 4.16. The molecular formula is C20H31N3O3. The minimum atomic E-state index is 0.0900. The first kappa shape index (κ1) is 19.0. The predicted octanol–water partition coefficient (Wildman–Crippen LogP) is 1.88. The molecule has 6 heteroatoms. The van der Waals surface area contributed by atoms with Crippen molar-refractivity contribution in [2.75, 3.05) is 46.9 Å². The highest BCUT2D eigenvalue weighted by Crippen LogP contribution is 2.32. The summed E-state index contributed by atoms with van der Waals surface area (Å²) in [7, 11) is 3.88. The quantitative estimate of drug-likeness (QED) is 0.868. The molecule has 3 rings (SSSR count). The van der Waals surface area contributed by atoms with Crippen molar-refractivity contribution in [2.45, 2.75) is 38.3 Å². The van der Waals surface area contributed by atoms with Crippen molar-refractivity contribution in [1.82, 2.24) is 15.1 Å². The summed E-state index contributed by atoms with van der Waals surface area (Å²) in [5.74, 6) is 1.77. The fraction of sp³-hybridized carbons (Fsp3) is 0.650. The summed E-state index contributed by atoms with van der Waals surface area (Å²) in [6.45, 7) is 7.33. The first-order chi connectivity index (χ1) is 12.6. The second kappa shape index (κ2) is 8.27. The summed E-state index contributed by atoms with van der Waals surface area (Å²) in [5, 5.41) is 3.02. The predicted molar refractivity (Wildman–Crippen MR) is 102 cm³/mol. The minimum Gasteiger partial charge on any atom is -0.493 e. The Labute approximate surface area is 156 Å². The van der Waals surface area contributed by atoms with Gasteiger partial charge in [-0.1, -0.05) is 6.07 Å². The van der Waals surface area contributed by atoms with Crippen molar-refractivity contribution in [3.05, 3.63) is 23.8 Å². The monoisotopic (exact) mass is 361 g/mol. The molecule has 1 N–H and O–H groups in total. The highest BCUT2D eigenvalue weighted by Gasteiger charge is 2.40. The molecule has 2 fully saturated rings. The average Bonchev–Trinajstić information content (AvgIpc) is 2.82. The van der Waals surface area contributed by atoms with Gasteiger partial charge in [0, 0.05) is 44.7 Å². The number of hydrogen-bond acceptors (Lipinski definition) is 5. The van der Waals surface area contributed by atoms with E-state index < -0.39 is 0 Å². The molecule has 0 aliphatic carbocycles. The number of carbonyl (C=O) groups is 1. The lowest BCUT2D eigenvalue weighted by Gasteiger charge is -2.49. The van der Waals surface area contributed by atoms with Crippen molar-refractivity contribution in [3.63, 3.8) is 0 Å². The Hall–Kier alpha value is -1.79. The summed E-state index contributed by atoms with van der Waals surface area (Å²) in [6.07, 6.45) is 2.56. The van der Waals surface area contributed by atoms with Crippen LogP contribution in [0.25, 0.3) is 0 Å². The summed E-state index contributed by atoms with van der Waals surface area (Å²) in [5.41, 5.74) is 1.32. The third kappa shape index (κ3) is 4.13. The number of carbonyl (C=O) groups excluding carboxylic acids is 1. The molecule has 26 heavy (non-hydrogen) atoms. The maximum absolute atomic E-state index is 11.8. The van der Waals surface area contributed by atoms with E-state index in [4.69, 9.17) is 9.47 Å². The Bertz CT molecular complexity index is 637. The van der Waals surface area contributed by atoms with Gasteiger partial charge < -0.3 is 14.8 Å². The number of rotatable bonds is 5. The van der Waals surface area contributed by atoms with Crippen molar-refractivity contribution < 1.29 is 14.3 Å². The summed E-state index contributed by atoms with van der Waals surface area (Å²) in [6, 6.07) is 6.20. The normalized spacial score (nSPS) is 25.0.